The van der Waals surface area contributed by atoms with Crippen LogP contribution in [0.2, 0.25) is 0 Å². The first-order chi connectivity index (χ1) is 9.20. The average molecular weight is 263 g/mol. The van der Waals surface area contributed by atoms with Gasteiger partial charge >= 0.3 is 5.97 Å². The van der Waals surface area contributed by atoms with E-state index >= 15 is 0 Å². The molecule has 1 aliphatic carbocycles. The minimum Gasteiger partial charge on any atom is -0.497 e. The largest absolute Gasteiger partial charge is 0.497 e. The van der Waals surface area contributed by atoms with Crippen molar-refractivity contribution in [3.8, 4) is 5.75 Å². The minimum absolute atomic E-state index is 0.479. The third-order valence-electron chi connectivity index (χ3n) is 3.76. The Labute approximate surface area is 113 Å². The van der Waals surface area contributed by atoms with Crippen LogP contribution in [0.3, 0.4) is 0 Å². The summed E-state index contributed by atoms with van der Waals surface area (Å²) >= 11 is 0. The zero-order valence-electron chi connectivity index (χ0n) is 11.3. The molecule has 0 saturated heterocycles. The summed E-state index contributed by atoms with van der Waals surface area (Å²) in [5.74, 6) is -0.612. The van der Waals surface area contributed by atoms with E-state index in [-0.39, 0.29) is 0 Å². The van der Waals surface area contributed by atoms with Gasteiger partial charge in [-0.05, 0) is 30.5 Å². The molecule has 1 fully saturated rings. The highest BCUT2D eigenvalue weighted by Crippen LogP contribution is 2.23. The molecule has 0 radical (unpaired) electrons. The number of benzene rings is 1. The number of ether oxygens (including phenoxy) is 1. The van der Waals surface area contributed by atoms with Gasteiger partial charge in [0.15, 0.2) is 0 Å². The first-order valence-corrected chi connectivity index (χ1v) is 6.81. The van der Waals surface area contributed by atoms with Gasteiger partial charge in [0.25, 0.3) is 0 Å². The van der Waals surface area contributed by atoms with Crippen molar-refractivity contribution in [1.82, 2.24) is 5.32 Å². The molecular weight excluding hydrogens is 242 g/mol. The predicted octanol–water partition coefficient (Wildman–Crippen LogP) is 2.40. The van der Waals surface area contributed by atoms with Crippen LogP contribution < -0.4 is 10.1 Å². The van der Waals surface area contributed by atoms with E-state index in [1.165, 1.54) is 12.8 Å². The van der Waals surface area contributed by atoms with Gasteiger partial charge in [-0.25, -0.2) is 0 Å². The number of carboxylic acid groups (broad SMARTS) is 1. The topological polar surface area (TPSA) is 58.6 Å². The second-order valence-corrected chi connectivity index (χ2v) is 5.06. The Morgan fingerprint density at radius 3 is 2.84 bits per heavy atom. The molecule has 0 aliphatic heterocycles. The van der Waals surface area contributed by atoms with Crippen LogP contribution in [-0.2, 0) is 4.79 Å². The van der Waals surface area contributed by atoms with Gasteiger partial charge in [-0.2, -0.15) is 0 Å². The van der Waals surface area contributed by atoms with Crippen molar-refractivity contribution in [2.24, 2.45) is 0 Å². The van der Waals surface area contributed by atoms with E-state index in [9.17, 15) is 9.90 Å². The third-order valence-corrected chi connectivity index (χ3v) is 3.76. The number of hydrogen-bond acceptors (Lipinski definition) is 3. The first-order valence-electron chi connectivity index (χ1n) is 6.81. The molecule has 1 aliphatic rings. The fraction of sp³-hybridized carbons (Fsp3) is 0.533. The summed E-state index contributed by atoms with van der Waals surface area (Å²) in [7, 11) is 1.59. The Bertz CT molecular complexity index is 427. The Morgan fingerprint density at radius 1 is 1.47 bits per heavy atom. The Kier molecular flexibility index (Phi) is 4.80. The van der Waals surface area contributed by atoms with E-state index in [1.54, 1.807) is 13.2 Å². The summed E-state index contributed by atoms with van der Waals surface area (Å²) in [4.78, 5) is 11.4. The van der Waals surface area contributed by atoms with Crippen LogP contribution in [0.25, 0.3) is 0 Å². The summed E-state index contributed by atoms with van der Waals surface area (Å²) in [6.07, 6.45) is 4.80. The van der Waals surface area contributed by atoms with Crippen LogP contribution >= 0.6 is 0 Å². The molecule has 2 N–H and O–H groups in total. The summed E-state index contributed by atoms with van der Waals surface area (Å²) < 4.78 is 5.15. The van der Waals surface area contributed by atoms with Gasteiger partial charge in [0, 0.05) is 12.6 Å². The van der Waals surface area contributed by atoms with Gasteiger partial charge in [-0.15, -0.1) is 0 Å². The summed E-state index contributed by atoms with van der Waals surface area (Å²) in [6.45, 7) is 0.479. The molecule has 1 aromatic carbocycles. The van der Waals surface area contributed by atoms with Gasteiger partial charge in [0.2, 0.25) is 0 Å². The summed E-state index contributed by atoms with van der Waals surface area (Å²) in [5, 5.41) is 12.8. The maximum atomic E-state index is 11.4. The molecule has 1 atom stereocenters. The number of carbonyl (C=O) groups is 1. The van der Waals surface area contributed by atoms with Crippen LogP contribution in [0, 0.1) is 0 Å². The summed E-state index contributed by atoms with van der Waals surface area (Å²) in [5.41, 5.74) is 0.789. The second-order valence-electron chi connectivity index (χ2n) is 5.06. The molecule has 0 amide bonds. The van der Waals surface area contributed by atoms with E-state index in [1.807, 2.05) is 18.2 Å². The van der Waals surface area contributed by atoms with Crippen LogP contribution in [-0.4, -0.2) is 30.8 Å². The van der Waals surface area contributed by atoms with Crippen LogP contribution in [0.5, 0.6) is 5.75 Å². The molecule has 0 aromatic heterocycles. The Hall–Kier alpha value is -1.55. The molecule has 2 rings (SSSR count). The SMILES string of the molecule is COc1cccc(C(CNC2CCCC2)C(=O)O)c1. The van der Waals surface area contributed by atoms with Gasteiger partial charge in [-0.3, -0.25) is 4.79 Å². The molecular formula is C15H21NO3. The average Bonchev–Trinajstić information content (AvgIpc) is 2.92. The van der Waals surface area contributed by atoms with Gasteiger partial charge in [0.1, 0.15) is 5.75 Å². The number of rotatable bonds is 6. The zero-order valence-corrected chi connectivity index (χ0v) is 11.3. The lowest BCUT2D eigenvalue weighted by Gasteiger charge is -2.18. The van der Waals surface area contributed by atoms with Crippen LogP contribution in [0.1, 0.15) is 37.2 Å². The quantitative estimate of drug-likeness (QED) is 0.827. The van der Waals surface area contributed by atoms with E-state index in [0.717, 1.165) is 18.4 Å². The number of hydrogen-bond donors (Lipinski definition) is 2. The van der Waals surface area contributed by atoms with Crippen LogP contribution in [0.4, 0.5) is 0 Å². The number of aliphatic carboxylic acids is 1. The molecule has 104 valence electrons. The van der Waals surface area contributed by atoms with E-state index < -0.39 is 11.9 Å². The number of nitrogens with one attached hydrogen (secondary N) is 1. The van der Waals surface area contributed by atoms with Gasteiger partial charge in [-0.1, -0.05) is 25.0 Å². The highest BCUT2D eigenvalue weighted by Gasteiger charge is 2.22. The first kappa shape index (κ1) is 13.9. The molecule has 0 bridgehead atoms. The van der Waals surface area contributed by atoms with Gasteiger partial charge < -0.3 is 15.2 Å². The maximum Gasteiger partial charge on any atom is 0.312 e. The van der Waals surface area contributed by atoms with Crippen LogP contribution in [0.15, 0.2) is 24.3 Å². The molecule has 4 nitrogen and oxygen atoms in total. The fourth-order valence-corrected chi connectivity index (χ4v) is 2.62. The third kappa shape index (κ3) is 3.70. The smallest absolute Gasteiger partial charge is 0.312 e. The molecule has 0 spiro atoms. The second kappa shape index (κ2) is 6.57. The molecule has 1 aromatic rings. The standard InChI is InChI=1S/C15H21NO3/c1-19-13-8-4-5-11(9-13)14(15(17)18)10-16-12-6-2-3-7-12/h4-5,8-9,12,14,16H,2-3,6-7,10H2,1H3,(H,17,18). The van der Waals surface area contributed by atoms with Crippen molar-refractivity contribution in [3.63, 3.8) is 0 Å². The lowest BCUT2D eigenvalue weighted by molar-refractivity contribution is -0.138. The minimum atomic E-state index is -0.793. The molecule has 19 heavy (non-hydrogen) atoms. The van der Waals surface area contributed by atoms with Crippen molar-refractivity contribution in [1.29, 1.82) is 0 Å². The maximum absolute atomic E-state index is 11.4. The highest BCUT2D eigenvalue weighted by molar-refractivity contribution is 5.76. The van der Waals surface area contributed by atoms with Crippen molar-refractivity contribution in [2.75, 3.05) is 13.7 Å². The van der Waals surface area contributed by atoms with E-state index in [2.05, 4.69) is 5.32 Å². The van der Waals surface area contributed by atoms with Crippen molar-refractivity contribution in [3.05, 3.63) is 29.8 Å². The Balaban J connectivity index is 2.03. The van der Waals surface area contributed by atoms with Gasteiger partial charge in [0.05, 0.1) is 13.0 Å². The molecule has 1 unspecified atom stereocenters. The molecule has 0 heterocycles. The fourth-order valence-electron chi connectivity index (χ4n) is 2.62. The zero-order chi connectivity index (χ0) is 13.7. The lowest BCUT2D eigenvalue weighted by atomic mass is 9.98. The number of methoxy groups -OCH3 is 1. The van der Waals surface area contributed by atoms with Crippen molar-refractivity contribution < 1.29 is 14.6 Å². The normalized spacial score (nSPS) is 17.3. The molecule has 1 saturated carbocycles. The lowest BCUT2D eigenvalue weighted by Crippen LogP contribution is -2.33. The van der Waals surface area contributed by atoms with Crippen molar-refractivity contribution in [2.45, 2.75) is 37.6 Å². The summed E-state index contributed by atoms with van der Waals surface area (Å²) in [6, 6.07) is 7.78. The predicted molar refractivity (Wildman–Crippen MR) is 73.6 cm³/mol. The highest BCUT2D eigenvalue weighted by atomic mass is 16.5. The van der Waals surface area contributed by atoms with E-state index in [4.69, 9.17) is 4.74 Å². The Morgan fingerprint density at radius 2 is 2.21 bits per heavy atom. The van der Waals surface area contributed by atoms with Crippen molar-refractivity contribution >= 4 is 5.97 Å². The van der Waals surface area contributed by atoms with E-state index in [0.29, 0.717) is 18.3 Å². The number of carboxylic acids is 1. The molecule has 4 heteroatoms. The monoisotopic (exact) mass is 263 g/mol.